The number of rotatable bonds is 3. The van der Waals surface area contributed by atoms with E-state index in [1.54, 1.807) is 7.11 Å². The normalized spacial score (nSPS) is 20.2. The predicted molar refractivity (Wildman–Crippen MR) is 70.4 cm³/mol. The fourth-order valence-electron chi connectivity index (χ4n) is 2.08. The number of benzene rings is 1. The summed E-state index contributed by atoms with van der Waals surface area (Å²) in [5.41, 5.74) is 1.26. The van der Waals surface area contributed by atoms with E-state index in [0.29, 0.717) is 6.04 Å². The Bertz CT molecular complexity index is 370. The Morgan fingerprint density at radius 2 is 2.31 bits per heavy atom. The number of halogens is 1. The van der Waals surface area contributed by atoms with E-state index >= 15 is 0 Å². The summed E-state index contributed by atoms with van der Waals surface area (Å²) < 4.78 is 6.24. The zero-order valence-corrected chi connectivity index (χ0v) is 11.3. The van der Waals surface area contributed by atoms with Crippen molar-refractivity contribution in [2.75, 3.05) is 32.1 Å². The molecule has 1 aromatic carbocycles. The Morgan fingerprint density at radius 3 is 2.88 bits per heavy atom. The molecule has 0 saturated carbocycles. The Hall–Kier alpha value is -0.740. The average Bonchev–Trinajstić information content (AvgIpc) is 2.77. The maximum absolute atomic E-state index is 5.23. The predicted octanol–water partition coefficient (Wildman–Crippen LogP) is 2.26. The van der Waals surface area contributed by atoms with E-state index < -0.39 is 0 Å². The van der Waals surface area contributed by atoms with E-state index in [2.05, 4.69) is 38.3 Å². The van der Waals surface area contributed by atoms with Gasteiger partial charge in [-0.3, -0.25) is 0 Å². The minimum absolute atomic E-state index is 0.612. The molecular weight excluding hydrogens is 268 g/mol. The van der Waals surface area contributed by atoms with Gasteiger partial charge in [0.05, 0.1) is 11.6 Å². The highest BCUT2D eigenvalue weighted by Crippen LogP contribution is 2.30. The van der Waals surface area contributed by atoms with E-state index in [1.807, 2.05) is 13.1 Å². The first-order valence-corrected chi connectivity index (χ1v) is 6.29. The second-order valence-corrected chi connectivity index (χ2v) is 4.89. The molecule has 1 unspecified atom stereocenters. The Balaban J connectivity index is 2.13. The molecule has 0 aromatic heterocycles. The second kappa shape index (κ2) is 5.06. The summed E-state index contributed by atoms with van der Waals surface area (Å²) in [6.07, 6.45) is 1.21. The third-order valence-electron chi connectivity index (χ3n) is 3.10. The highest BCUT2D eigenvalue weighted by molar-refractivity contribution is 9.10. The molecule has 4 heteroatoms. The molecule has 0 aliphatic carbocycles. The van der Waals surface area contributed by atoms with Crippen LogP contribution in [0.3, 0.4) is 0 Å². The molecular formula is C12H17BrN2O. The fourth-order valence-corrected chi connectivity index (χ4v) is 2.61. The standard InChI is InChI=1S/C12H17BrN2O/c1-14-9-5-6-15(8-9)10-3-4-12(16-2)11(13)7-10/h3-4,7,9,14H,5-6,8H2,1-2H3. The molecule has 1 aliphatic heterocycles. The van der Waals surface area contributed by atoms with Crippen LogP contribution in [0.15, 0.2) is 22.7 Å². The number of anilines is 1. The van der Waals surface area contributed by atoms with Gasteiger partial charge in [0.2, 0.25) is 0 Å². The van der Waals surface area contributed by atoms with Crippen LogP contribution in [0, 0.1) is 0 Å². The minimum Gasteiger partial charge on any atom is -0.496 e. The number of ether oxygens (including phenoxy) is 1. The zero-order chi connectivity index (χ0) is 11.5. The van der Waals surface area contributed by atoms with Gasteiger partial charge in [0.25, 0.3) is 0 Å². The van der Waals surface area contributed by atoms with Gasteiger partial charge in [-0.15, -0.1) is 0 Å². The molecule has 0 amide bonds. The number of methoxy groups -OCH3 is 1. The van der Waals surface area contributed by atoms with Crippen LogP contribution in [-0.2, 0) is 0 Å². The maximum Gasteiger partial charge on any atom is 0.133 e. The van der Waals surface area contributed by atoms with Gasteiger partial charge in [0, 0.05) is 24.8 Å². The molecule has 0 spiro atoms. The quantitative estimate of drug-likeness (QED) is 0.922. The van der Waals surface area contributed by atoms with Crippen LogP contribution < -0.4 is 15.0 Å². The van der Waals surface area contributed by atoms with Gasteiger partial charge < -0.3 is 15.0 Å². The van der Waals surface area contributed by atoms with Gasteiger partial charge in [-0.1, -0.05) is 0 Å². The first-order valence-electron chi connectivity index (χ1n) is 5.50. The molecule has 1 aromatic rings. The summed E-state index contributed by atoms with van der Waals surface area (Å²) in [5.74, 6) is 0.883. The lowest BCUT2D eigenvalue weighted by Gasteiger charge is -2.19. The summed E-state index contributed by atoms with van der Waals surface area (Å²) in [7, 11) is 3.71. The van der Waals surface area contributed by atoms with Crippen molar-refractivity contribution < 1.29 is 4.74 Å². The fraction of sp³-hybridized carbons (Fsp3) is 0.500. The lowest BCUT2D eigenvalue weighted by atomic mass is 10.2. The topological polar surface area (TPSA) is 24.5 Å². The van der Waals surface area contributed by atoms with Crippen LogP contribution in [0.25, 0.3) is 0 Å². The summed E-state index contributed by atoms with van der Waals surface area (Å²) in [6.45, 7) is 2.19. The monoisotopic (exact) mass is 284 g/mol. The van der Waals surface area contributed by atoms with Crippen molar-refractivity contribution in [3.05, 3.63) is 22.7 Å². The highest BCUT2D eigenvalue weighted by atomic mass is 79.9. The molecule has 1 atom stereocenters. The van der Waals surface area contributed by atoms with E-state index in [-0.39, 0.29) is 0 Å². The van der Waals surface area contributed by atoms with Gasteiger partial charge in [-0.05, 0) is 47.6 Å². The SMILES string of the molecule is CNC1CCN(c2ccc(OC)c(Br)c2)C1. The molecule has 2 rings (SSSR count). The number of nitrogens with one attached hydrogen (secondary N) is 1. The number of nitrogens with zero attached hydrogens (tertiary/aromatic N) is 1. The van der Waals surface area contributed by atoms with Crippen molar-refractivity contribution in [2.24, 2.45) is 0 Å². The second-order valence-electron chi connectivity index (χ2n) is 4.04. The molecule has 1 N–H and O–H groups in total. The van der Waals surface area contributed by atoms with Gasteiger partial charge in [0.15, 0.2) is 0 Å². The molecule has 1 fully saturated rings. The first kappa shape index (κ1) is 11.7. The van der Waals surface area contributed by atoms with Gasteiger partial charge in [0.1, 0.15) is 5.75 Å². The smallest absolute Gasteiger partial charge is 0.133 e. The molecule has 88 valence electrons. The Morgan fingerprint density at radius 1 is 1.50 bits per heavy atom. The third kappa shape index (κ3) is 2.33. The summed E-state index contributed by atoms with van der Waals surface area (Å²) in [6, 6.07) is 6.85. The van der Waals surface area contributed by atoms with Crippen LogP contribution in [-0.4, -0.2) is 33.3 Å². The Kier molecular flexibility index (Phi) is 3.71. The van der Waals surface area contributed by atoms with Crippen molar-refractivity contribution in [3.63, 3.8) is 0 Å². The molecule has 16 heavy (non-hydrogen) atoms. The molecule has 1 heterocycles. The maximum atomic E-state index is 5.23. The van der Waals surface area contributed by atoms with E-state index in [9.17, 15) is 0 Å². The number of hydrogen-bond acceptors (Lipinski definition) is 3. The van der Waals surface area contributed by atoms with Crippen LogP contribution in [0.1, 0.15) is 6.42 Å². The van der Waals surface area contributed by atoms with Crippen LogP contribution in [0.5, 0.6) is 5.75 Å². The van der Waals surface area contributed by atoms with Crippen molar-refractivity contribution in [2.45, 2.75) is 12.5 Å². The third-order valence-corrected chi connectivity index (χ3v) is 3.72. The molecule has 1 aliphatic rings. The minimum atomic E-state index is 0.612. The summed E-state index contributed by atoms with van der Waals surface area (Å²) in [5, 5.41) is 3.32. The summed E-state index contributed by atoms with van der Waals surface area (Å²) >= 11 is 3.52. The van der Waals surface area contributed by atoms with E-state index in [0.717, 1.165) is 23.3 Å². The van der Waals surface area contributed by atoms with Crippen molar-refractivity contribution in [3.8, 4) is 5.75 Å². The lowest BCUT2D eigenvalue weighted by molar-refractivity contribution is 0.412. The first-order chi connectivity index (χ1) is 7.74. The van der Waals surface area contributed by atoms with E-state index in [4.69, 9.17) is 4.74 Å². The van der Waals surface area contributed by atoms with Crippen LogP contribution in [0.4, 0.5) is 5.69 Å². The lowest BCUT2D eigenvalue weighted by Crippen LogP contribution is -2.29. The zero-order valence-electron chi connectivity index (χ0n) is 9.66. The van der Waals surface area contributed by atoms with Crippen LogP contribution >= 0.6 is 15.9 Å². The largest absolute Gasteiger partial charge is 0.496 e. The highest BCUT2D eigenvalue weighted by Gasteiger charge is 2.21. The average molecular weight is 285 g/mol. The number of likely N-dealkylation sites (N-methyl/N-ethyl adjacent to an activating group) is 1. The van der Waals surface area contributed by atoms with Crippen LogP contribution in [0.2, 0.25) is 0 Å². The van der Waals surface area contributed by atoms with Gasteiger partial charge in [-0.2, -0.15) is 0 Å². The van der Waals surface area contributed by atoms with Crippen molar-refractivity contribution in [1.82, 2.24) is 5.32 Å². The van der Waals surface area contributed by atoms with Crippen molar-refractivity contribution >= 4 is 21.6 Å². The van der Waals surface area contributed by atoms with Gasteiger partial charge >= 0.3 is 0 Å². The molecule has 0 bridgehead atoms. The molecule has 3 nitrogen and oxygen atoms in total. The van der Waals surface area contributed by atoms with Gasteiger partial charge in [-0.25, -0.2) is 0 Å². The molecule has 0 radical (unpaired) electrons. The Labute approximate surface area is 105 Å². The van der Waals surface area contributed by atoms with Crippen molar-refractivity contribution in [1.29, 1.82) is 0 Å². The van der Waals surface area contributed by atoms with E-state index in [1.165, 1.54) is 12.1 Å². The summed E-state index contributed by atoms with van der Waals surface area (Å²) in [4.78, 5) is 2.39. The number of hydrogen-bond donors (Lipinski definition) is 1. The molecule has 1 saturated heterocycles.